The quantitative estimate of drug-likeness (QED) is 0.598. The van der Waals surface area contributed by atoms with E-state index in [1.807, 2.05) is 0 Å². The van der Waals surface area contributed by atoms with Crippen molar-refractivity contribution in [3.05, 3.63) is 0 Å². The molecule has 2 rings (SSSR count). The molecule has 1 saturated carbocycles. The fourth-order valence-electron chi connectivity index (χ4n) is 1.83. The zero-order valence-electron chi connectivity index (χ0n) is 7.08. The van der Waals surface area contributed by atoms with Crippen LogP contribution in [0.15, 0.2) is 0 Å². The van der Waals surface area contributed by atoms with Crippen molar-refractivity contribution in [1.82, 2.24) is 4.90 Å². The van der Waals surface area contributed by atoms with E-state index < -0.39 is 0 Å². The zero-order chi connectivity index (χ0) is 8.60. The molecular formula is C8H14N2O2. The standard InChI is InChI=1S/C8H14N2O2/c9-7(11)8(1-2-8)10-3-5-12-6-4-10/h1-6H2,(H2,9,11). The van der Waals surface area contributed by atoms with Crippen LogP contribution in [0.5, 0.6) is 0 Å². The molecule has 4 nitrogen and oxygen atoms in total. The normalized spacial score (nSPS) is 28.3. The van der Waals surface area contributed by atoms with Gasteiger partial charge in [-0.25, -0.2) is 0 Å². The van der Waals surface area contributed by atoms with Crippen molar-refractivity contribution in [2.75, 3.05) is 26.3 Å². The van der Waals surface area contributed by atoms with E-state index in [2.05, 4.69) is 4.90 Å². The van der Waals surface area contributed by atoms with Crippen LogP contribution in [0.4, 0.5) is 0 Å². The lowest BCUT2D eigenvalue weighted by molar-refractivity contribution is -0.126. The number of carbonyl (C=O) groups excluding carboxylic acids is 1. The van der Waals surface area contributed by atoms with Crippen molar-refractivity contribution in [3.63, 3.8) is 0 Å². The largest absolute Gasteiger partial charge is 0.379 e. The summed E-state index contributed by atoms with van der Waals surface area (Å²) in [6.45, 7) is 3.16. The Bertz CT molecular complexity index is 195. The molecule has 1 amide bonds. The van der Waals surface area contributed by atoms with Gasteiger partial charge in [0, 0.05) is 13.1 Å². The topological polar surface area (TPSA) is 55.6 Å². The Labute approximate surface area is 71.7 Å². The SMILES string of the molecule is NC(=O)C1(N2CCOCC2)CC1. The number of carbonyl (C=O) groups is 1. The number of primary amides is 1. The minimum Gasteiger partial charge on any atom is -0.379 e. The maximum atomic E-state index is 11.1. The molecule has 2 fully saturated rings. The molecule has 2 aliphatic rings. The fourth-order valence-corrected chi connectivity index (χ4v) is 1.83. The second-order valence-electron chi connectivity index (χ2n) is 3.50. The summed E-state index contributed by atoms with van der Waals surface area (Å²) < 4.78 is 5.21. The molecule has 1 aliphatic carbocycles. The van der Waals surface area contributed by atoms with Gasteiger partial charge in [0.25, 0.3) is 0 Å². The van der Waals surface area contributed by atoms with Crippen LogP contribution in [0.2, 0.25) is 0 Å². The van der Waals surface area contributed by atoms with Crippen LogP contribution in [0.1, 0.15) is 12.8 Å². The zero-order valence-corrected chi connectivity index (χ0v) is 7.08. The summed E-state index contributed by atoms with van der Waals surface area (Å²) >= 11 is 0. The molecule has 0 bridgehead atoms. The van der Waals surface area contributed by atoms with Gasteiger partial charge in [-0.2, -0.15) is 0 Å². The number of hydrogen-bond acceptors (Lipinski definition) is 3. The number of amides is 1. The van der Waals surface area contributed by atoms with E-state index in [0.29, 0.717) is 0 Å². The van der Waals surface area contributed by atoms with Crippen molar-refractivity contribution in [2.45, 2.75) is 18.4 Å². The Balaban J connectivity index is 2.02. The Kier molecular flexibility index (Phi) is 1.81. The van der Waals surface area contributed by atoms with E-state index in [0.717, 1.165) is 39.1 Å². The van der Waals surface area contributed by atoms with Gasteiger partial charge in [-0.05, 0) is 12.8 Å². The smallest absolute Gasteiger partial charge is 0.237 e. The summed E-state index contributed by atoms with van der Waals surface area (Å²) in [5, 5.41) is 0. The average molecular weight is 170 g/mol. The third-order valence-electron chi connectivity index (χ3n) is 2.80. The van der Waals surface area contributed by atoms with Gasteiger partial charge in [0.05, 0.1) is 13.2 Å². The van der Waals surface area contributed by atoms with Crippen LogP contribution in [0.25, 0.3) is 0 Å². The molecule has 0 aromatic rings. The van der Waals surface area contributed by atoms with Gasteiger partial charge in [0.1, 0.15) is 5.54 Å². The van der Waals surface area contributed by atoms with Gasteiger partial charge in [-0.1, -0.05) is 0 Å². The van der Waals surface area contributed by atoms with Gasteiger partial charge in [0.15, 0.2) is 0 Å². The molecule has 2 N–H and O–H groups in total. The van der Waals surface area contributed by atoms with E-state index in [4.69, 9.17) is 10.5 Å². The molecule has 0 aromatic carbocycles. The van der Waals surface area contributed by atoms with Crippen LogP contribution in [0.3, 0.4) is 0 Å². The highest BCUT2D eigenvalue weighted by Gasteiger charge is 2.53. The molecule has 1 saturated heterocycles. The van der Waals surface area contributed by atoms with Gasteiger partial charge in [-0.3, -0.25) is 9.69 Å². The molecule has 0 unspecified atom stereocenters. The van der Waals surface area contributed by atoms with Crippen molar-refractivity contribution in [2.24, 2.45) is 5.73 Å². The third kappa shape index (κ3) is 1.11. The van der Waals surface area contributed by atoms with E-state index in [9.17, 15) is 4.79 Å². The summed E-state index contributed by atoms with van der Waals surface area (Å²) in [6, 6.07) is 0. The first-order valence-corrected chi connectivity index (χ1v) is 4.38. The molecule has 0 aromatic heterocycles. The molecule has 0 atom stereocenters. The predicted octanol–water partition coefficient (Wildman–Crippen LogP) is -0.664. The van der Waals surface area contributed by atoms with Crippen LogP contribution < -0.4 is 5.73 Å². The van der Waals surface area contributed by atoms with Crippen LogP contribution in [-0.2, 0) is 9.53 Å². The number of ether oxygens (including phenoxy) is 1. The highest BCUT2D eigenvalue weighted by molar-refractivity contribution is 5.87. The molecule has 4 heteroatoms. The van der Waals surface area contributed by atoms with Crippen molar-refractivity contribution in [1.29, 1.82) is 0 Å². The highest BCUT2D eigenvalue weighted by Crippen LogP contribution is 2.41. The summed E-state index contributed by atoms with van der Waals surface area (Å²) in [6.07, 6.45) is 1.87. The van der Waals surface area contributed by atoms with E-state index in [1.165, 1.54) is 0 Å². The van der Waals surface area contributed by atoms with Gasteiger partial charge in [-0.15, -0.1) is 0 Å². The lowest BCUT2D eigenvalue weighted by Crippen LogP contribution is -2.51. The Morgan fingerprint density at radius 1 is 1.33 bits per heavy atom. The van der Waals surface area contributed by atoms with Crippen molar-refractivity contribution < 1.29 is 9.53 Å². The predicted molar refractivity (Wildman–Crippen MR) is 43.6 cm³/mol. The average Bonchev–Trinajstić information content (AvgIpc) is 2.86. The highest BCUT2D eigenvalue weighted by atomic mass is 16.5. The molecule has 1 aliphatic heterocycles. The Morgan fingerprint density at radius 2 is 1.92 bits per heavy atom. The van der Waals surface area contributed by atoms with Crippen LogP contribution in [-0.4, -0.2) is 42.6 Å². The fraction of sp³-hybridized carbons (Fsp3) is 0.875. The monoisotopic (exact) mass is 170 g/mol. The first kappa shape index (κ1) is 8.01. The van der Waals surface area contributed by atoms with Crippen molar-refractivity contribution >= 4 is 5.91 Å². The lowest BCUT2D eigenvalue weighted by atomic mass is 10.2. The van der Waals surface area contributed by atoms with Gasteiger partial charge in [0.2, 0.25) is 5.91 Å². The second kappa shape index (κ2) is 2.71. The number of rotatable bonds is 2. The summed E-state index contributed by atoms with van der Waals surface area (Å²) in [5.74, 6) is -0.163. The molecular weight excluding hydrogens is 156 g/mol. The number of nitrogens with zero attached hydrogens (tertiary/aromatic N) is 1. The summed E-state index contributed by atoms with van der Waals surface area (Å²) in [5.41, 5.74) is 5.05. The molecule has 1 heterocycles. The molecule has 12 heavy (non-hydrogen) atoms. The van der Waals surface area contributed by atoms with Crippen molar-refractivity contribution in [3.8, 4) is 0 Å². The third-order valence-corrected chi connectivity index (χ3v) is 2.80. The Morgan fingerprint density at radius 3 is 2.33 bits per heavy atom. The maximum absolute atomic E-state index is 11.1. The number of hydrogen-bond donors (Lipinski definition) is 1. The molecule has 0 radical (unpaired) electrons. The molecule has 0 spiro atoms. The second-order valence-corrected chi connectivity index (χ2v) is 3.50. The maximum Gasteiger partial charge on any atom is 0.237 e. The van der Waals surface area contributed by atoms with Gasteiger partial charge < -0.3 is 10.5 Å². The Hall–Kier alpha value is -0.610. The van der Waals surface area contributed by atoms with Crippen LogP contribution >= 0.6 is 0 Å². The van der Waals surface area contributed by atoms with Crippen LogP contribution in [0, 0.1) is 0 Å². The van der Waals surface area contributed by atoms with Gasteiger partial charge >= 0.3 is 0 Å². The van der Waals surface area contributed by atoms with E-state index in [-0.39, 0.29) is 11.4 Å². The first-order chi connectivity index (χ1) is 5.76. The number of nitrogens with two attached hydrogens (primary N) is 1. The minimum atomic E-state index is -0.288. The summed E-state index contributed by atoms with van der Waals surface area (Å²) in [4.78, 5) is 13.3. The minimum absolute atomic E-state index is 0.163. The number of morpholine rings is 1. The first-order valence-electron chi connectivity index (χ1n) is 4.38. The van der Waals surface area contributed by atoms with E-state index >= 15 is 0 Å². The molecule has 68 valence electrons. The summed E-state index contributed by atoms with van der Waals surface area (Å²) in [7, 11) is 0. The van der Waals surface area contributed by atoms with E-state index in [1.54, 1.807) is 0 Å². The lowest BCUT2D eigenvalue weighted by Gasteiger charge is -2.32.